The highest BCUT2D eigenvalue weighted by Gasteiger charge is 2.06. The van der Waals surface area contributed by atoms with Gasteiger partial charge in [-0.1, -0.05) is 0 Å². The number of ether oxygens (including phenoxy) is 2. The van der Waals surface area contributed by atoms with E-state index < -0.39 is 6.61 Å². The lowest BCUT2D eigenvalue weighted by Crippen LogP contribution is -2.02. The van der Waals surface area contributed by atoms with E-state index in [2.05, 4.69) is 15.0 Å². The van der Waals surface area contributed by atoms with Gasteiger partial charge in [-0.25, -0.2) is 0 Å². The predicted molar refractivity (Wildman–Crippen MR) is 71.6 cm³/mol. The van der Waals surface area contributed by atoms with Crippen molar-refractivity contribution in [1.82, 2.24) is 4.98 Å². The van der Waals surface area contributed by atoms with Gasteiger partial charge in [0.25, 0.3) is 0 Å². The maximum absolute atomic E-state index is 12.0. The lowest BCUT2D eigenvalue weighted by atomic mass is 10.3. The van der Waals surface area contributed by atoms with Crippen LogP contribution in [0.5, 0.6) is 11.6 Å². The second-order valence-electron chi connectivity index (χ2n) is 3.82. The van der Waals surface area contributed by atoms with Gasteiger partial charge in [0.05, 0.1) is 12.8 Å². The van der Waals surface area contributed by atoms with Crippen LogP contribution in [0.2, 0.25) is 0 Å². The maximum atomic E-state index is 12.0. The number of halogens is 2. The number of hydrogen-bond acceptors (Lipinski definition) is 5. The van der Waals surface area contributed by atoms with E-state index in [0.29, 0.717) is 23.1 Å². The third-order valence-corrected chi connectivity index (χ3v) is 2.45. The van der Waals surface area contributed by atoms with E-state index in [9.17, 15) is 8.78 Å². The van der Waals surface area contributed by atoms with Gasteiger partial charge in [0.2, 0.25) is 5.88 Å². The van der Waals surface area contributed by atoms with E-state index >= 15 is 0 Å². The van der Waals surface area contributed by atoms with Gasteiger partial charge in [0.15, 0.2) is 5.82 Å². The Morgan fingerprint density at radius 1 is 1.15 bits per heavy atom. The molecule has 0 aliphatic rings. The maximum Gasteiger partial charge on any atom is 0.387 e. The van der Waals surface area contributed by atoms with Crippen LogP contribution in [-0.2, 0) is 0 Å². The first-order valence-electron chi connectivity index (χ1n) is 5.71. The molecule has 0 amide bonds. The Morgan fingerprint density at radius 2 is 1.85 bits per heavy atom. The molecular formula is C13H13F2N3O2. The first kappa shape index (κ1) is 13.9. The fourth-order valence-electron chi connectivity index (χ4n) is 1.52. The van der Waals surface area contributed by atoms with Gasteiger partial charge in [0.1, 0.15) is 5.75 Å². The van der Waals surface area contributed by atoms with Crippen molar-refractivity contribution in [1.29, 1.82) is 0 Å². The number of nitrogens with zero attached hydrogens (tertiary/aromatic N) is 1. The molecule has 20 heavy (non-hydrogen) atoms. The van der Waals surface area contributed by atoms with E-state index in [1.165, 1.54) is 19.2 Å². The van der Waals surface area contributed by atoms with Crippen LogP contribution in [0.4, 0.5) is 26.0 Å². The van der Waals surface area contributed by atoms with Crippen molar-refractivity contribution in [3.05, 3.63) is 36.4 Å². The van der Waals surface area contributed by atoms with Crippen molar-refractivity contribution in [2.75, 3.05) is 18.2 Å². The van der Waals surface area contributed by atoms with Crippen LogP contribution in [0.3, 0.4) is 0 Å². The molecular weight excluding hydrogens is 268 g/mol. The van der Waals surface area contributed by atoms with Gasteiger partial charge in [-0.2, -0.15) is 13.8 Å². The highest BCUT2D eigenvalue weighted by atomic mass is 19.3. The largest absolute Gasteiger partial charge is 0.481 e. The number of alkyl halides is 2. The number of methoxy groups -OCH3 is 1. The van der Waals surface area contributed by atoms with Gasteiger partial charge < -0.3 is 20.5 Å². The Kier molecular flexibility index (Phi) is 4.19. The number of aromatic nitrogens is 1. The molecule has 1 heterocycles. The van der Waals surface area contributed by atoms with Crippen molar-refractivity contribution in [2.24, 2.45) is 0 Å². The van der Waals surface area contributed by atoms with E-state index in [1.54, 1.807) is 24.3 Å². The van der Waals surface area contributed by atoms with Crippen LogP contribution in [-0.4, -0.2) is 18.7 Å². The normalized spacial score (nSPS) is 10.4. The van der Waals surface area contributed by atoms with Crippen LogP contribution < -0.4 is 20.5 Å². The topological polar surface area (TPSA) is 69.4 Å². The zero-order chi connectivity index (χ0) is 14.5. The number of nitrogens with one attached hydrogen (secondary N) is 1. The lowest BCUT2D eigenvalue weighted by Gasteiger charge is -2.10. The minimum absolute atomic E-state index is 0.0807. The van der Waals surface area contributed by atoms with E-state index in [-0.39, 0.29) is 5.75 Å². The molecule has 1 aromatic carbocycles. The average Bonchev–Trinajstić information content (AvgIpc) is 2.43. The molecule has 0 bridgehead atoms. The van der Waals surface area contributed by atoms with E-state index in [0.717, 1.165) is 0 Å². The van der Waals surface area contributed by atoms with Gasteiger partial charge in [-0.15, -0.1) is 0 Å². The molecule has 2 aromatic rings. The van der Waals surface area contributed by atoms with E-state index in [1.807, 2.05) is 0 Å². The molecule has 5 nitrogen and oxygen atoms in total. The quantitative estimate of drug-likeness (QED) is 0.881. The Labute approximate surface area is 114 Å². The molecule has 0 radical (unpaired) electrons. The summed E-state index contributed by atoms with van der Waals surface area (Å²) in [7, 11) is 1.50. The zero-order valence-corrected chi connectivity index (χ0v) is 10.6. The summed E-state index contributed by atoms with van der Waals surface area (Å²) in [6, 6.07) is 9.30. The first-order chi connectivity index (χ1) is 9.58. The summed E-state index contributed by atoms with van der Waals surface area (Å²) in [5, 5.41) is 2.97. The second-order valence-corrected chi connectivity index (χ2v) is 3.82. The highest BCUT2D eigenvalue weighted by molar-refractivity contribution is 5.69. The van der Waals surface area contributed by atoms with Crippen LogP contribution >= 0.6 is 0 Å². The second kappa shape index (κ2) is 6.05. The Hall–Kier alpha value is -2.57. The Morgan fingerprint density at radius 3 is 2.45 bits per heavy atom. The summed E-state index contributed by atoms with van der Waals surface area (Å²) in [6.45, 7) is -2.84. The average molecular weight is 281 g/mol. The number of pyridine rings is 1. The van der Waals surface area contributed by atoms with Gasteiger partial charge in [-0.3, -0.25) is 0 Å². The van der Waals surface area contributed by atoms with Crippen molar-refractivity contribution in [3.63, 3.8) is 0 Å². The van der Waals surface area contributed by atoms with Gasteiger partial charge in [0, 0.05) is 11.8 Å². The number of nitrogen functional groups attached to an aromatic ring is 1. The van der Waals surface area contributed by atoms with Crippen molar-refractivity contribution >= 4 is 17.2 Å². The molecule has 0 unspecified atom stereocenters. The first-order valence-corrected chi connectivity index (χ1v) is 5.71. The van der Waals surface area contributed by atoms with Gasteiger partial charge >= 0.3 is 6.61 Å². The fraction of sp³-hybridized carbons (Fsp3) is 0.154. The van der Waals surface area contributed by atoms with Gasteiger partial charge in [-0.05, 0) is 30.3 Å². The summed E-state index contributed by atoms with van der Waals surface area (Å²) < 4.78 is 33.3. The minimum Gasteiger partial charge on any atom is -0.481 e. The molecule has 0 saturated heterocycles. The number of nitrogens with two attached hydrogens (primary N) is 1. The molecule has 0 aliphatic heterocycles. The molecule has 0 atom stereocenters. The van der Waals surface area contributed by atoms with Crippen molar-refractivity contribution in [3.8, 4) is 11.6 Å². The Balaban J connectivity index is 2.13. The molecule has 7 heteroatoms. The molecule has 3 N–H and O–H groups in total. The summed E-state index contributed by atoms with van der Waals surface area (Å²) in [5.41, 5.74) is 6.86. The molecule has 2 rings (SSSR count). The third kappa shape index (κ3) is 3.47. The monoisotopic (exact) mass is 281 g/mol. The minimum atomic E-state index is -2.84. The SMILES string of the molecule is COc1ccc(N)c(Nc2ccc(OC(F)F)cc2)n1. The molecule has 106 valence electrons. The van der Waals surface area contributed by atoms with Crippen molar-refractivity contribution < 1.29 is 18.3 Å². The fourth-order valence-corrected chi connectivity index (χ4v) is 1.52. The summed E-state index contributed by atoms with van der Waals surface area (Å²) in [5.74, 6) is 0.920. The van der Waals surface area contributed by atoms with Crippen LogP contribution in [0.25, 0.3) is 0 Å². The molecule has 0 saturated carbocycles. The number of anilines is 3. The van der Waals surface area contributed by atoms with Crippen LogP contribution in [0.1, 0.15) is 0 Å². The molecule has 0 spiro atoms. The summed E-state index contributed by atoms with van der Waals surface area (Å²) >= 11 is 0. The zero-order valence-electron chi connectivity index (χ0n) is 10.6. The smallest absolute Gasteiger partial charge is 0.387 e. The van der Waals surface area contributed by atoms with Crippen molar-refractivity contribution in [2.45, 2.75) is 6.61 Å². The Bertz CT molecular complexity index is 576. The molecule has 1 aromatic heterocycles. The van der Waals surface area contributed by atoms with Crippen LogP contribution in [0, 0.1) is 0 Å². The molecule has 0 fully saturated rings. The number of hydrogen-bond donors (Lipinski definition) is 2. The number of rotatable bonds is 5. The van der Waals surface area contributed by atoms with Crippen LogP contribution in [0.15, 0.2) is 36.4 Å². The lowest BCUT2D eigenvalue weighted by molar-refractivity contribution is -0.0498. The standard InChI is InChI=1S/C13H13F2N3O2/c1-19-11-7-6-10(16)12(18-11)17-8-2-4-9(5-3-8)20-13(14)15/h2-7,13H,16H2,1H3,(H,17,18). The summed E-state index contributed by atoms with van der Waals surface area (Å²) in [6.07, 6.45) is 0. The number of benzene rings is 1. The van der Waals surface area contributed by atoms with E-state index in [4.69, 9.17) is 10.5 Å². The molecule has 0 aliphatic carbocycles. The highest BCUT2D eigenvalue weighted by Crippen LogP contribution is 2.25. The third-order valence-electron chi connectivity index (χ3n) is 2.45. The predicted octanol–water partition coefficient (Wildman–Crippen LogP) is 3.02. The summed E-state index contributed by atoms with van der Waals surface area (Å²) in [4.78, 5) is 4.15.